The van der Waals surface area contributed by atoms with Gasteiger partial charge in [-0.1, -0.05) is 44.2 Å². The van der Waals surface area contributed by atoms with Crippen molar-refractivity contribution in [1.82, 2.24) is 10.6 Å². The Balaban J connectivity index is 2.03. The van der Waals surface area contributed by atoms with Crippen LogP contribution in [-0.2, 0) is 4.79 Å². The second-order valence-corrected chi connectivity index (χ2v) is 5.79. The second kappa shape index (κ2) is 6.71. The van der Waals surface area contributed by atoms with Crippen molar-refractivity contribution in [2.24, 2.45) is 11.8 Å². The SMILES string of the molecule is CC(C)CC(NC(=O)C1CCNC1)c1ccccc1. The number of rotatable bonds is 5. The molecule has 1 fully saturated rings. The Hall–Kier alpha value is -1.35. The molecule has 1 aliphatic rings. The van der Waals surface area contributed by atoms with Crippen molar-refractivity contribution in [3.05, 3.63) is 35.9 Å². The maximum absolute atomic E-state index is 12.3. The lowest BCUT2D eigenvalue weighted by Crippen LogP contribution is -2.35. The van der Waals surface area contributed by atoms with Crippen molar-refractivity contribution in [3.8, 4) is 0 Å². The summed E-state index contributed by atoms with van der Waals surface area (Å²) in [5.41, 5.74) is 1.20. The highest BCUT2D eigenvalue weighted by molar-refractivity contribution is 5.79. The van der Waals surface area contributed by atoms with Gasteiger partial charge in [0.05, 0.1) is 12.0 Å². The van der Waals surface area contributed by atoms with Gasteiger partial charge in [-0.15, -0.1) is 0 Å². The van der Waals surface area contributed by atoms with Crippen LogP contribution in [0, 0.1) is 11.8 Å². The summed E-state index contributed by atoms with van der Waals surface area (Å²) in [4.78, 5) is 12.3. The number of carbonyl (C=O) groups is 1. The molecule has 0 saturated carbocycles. The predicted molar refractivity (Wildman–Crippen MR) is 77.8 cm³/mol. The third-order valence-corrected chi connectivity index (χ3v) is 3.66. The molecule has 19 heavy (non-hydrogen) atoms. The number of amides is 1. The Labute approximate surface area is 115 Å². The van der Waals surface area contributed by atoms with Crippen LogP contribution in [0.25, 0.3) is 0 Å². The zero-order valence-corrected chi connectivity index (χ0v) is 11.9. The van der Waals surface area contributed by atoms with E-state index in [1.807, 2.05) is 18.2 Å². The van der Waals surface area contributed by atoms with Crippen LogP contribution in [0.5, 0.6) is 0 Å². The van der Waals surface area contributed by atoms with E-state index in [2.05, 4.69) is 36.6 Å². The molecule has 0 bridgehead atoms. The molecule has 2 atom stereocenters. The average molecular weight is 260 g/mol. The van der Waals surface area contributed by atoms with Gasteiger partial charge in [-0.2, -0.15) is 0 Å². The molecule has 0 aliphatic carbocycles. The minimum Gasteiger partial charge on any atom is -0.349 e. The van der Waals surface area contributed by atoms with Gasteiger partial charge in [0.2, 0.25) is 5.91 Å². The molecule has 104 valence electrons. The first-order chi connectivity index (χ1) is 9.16. The molecule has 0 radical (unpaired) electrons. The van der Waals surface area contributed by atoms with Crippen LogP contribution in [0.4, 0.5) is 0 Å². The van der Waals surface area contributed by atoms with Gasteiger partial charge in [-0.05, 0) is 30.9 Å². The smallest absolute Gasteiger partial charge is 0.224 e. The average Bonchev–Trinajstić information content (AvgIpc) is 2.92. The quantitative estimate of drug-likeness (QED) is 0.854. The summed E-state index contributed by atoms with van der Waals surface area (Å²) in [6.45, 7) is 6.16. The summed E-state index contributed by atoms with van der Waals surface area (Å²) in [5, 5.41) is 6.47. The Morgan fingerprint density at radius 1 is 1.37 bits per heavy atom. The molecule has 1 aromatic carbocycles. The van der Waals surface area contributed by atoms with Gasteiger partial charge < -0.3 is 10.6 Å². The van der Waals surface area contributed by atoms with Crippen LogP contribution in [0.15, 0.2) is 30.3 Å². The van der Waals surface area contributed by atoms with Gasteiger partial charge >= 0.3 is 0 Å². The van der Waals surface area contributed by atoms with Gasteiger partial charge in [0.15, 0.2) is 0 Å². The number of carbonyl (C=O) groups excluding carboxylic acids is 1. The van der Waals surface area contributed by atoms with E-state index in [0.717, 1.165) is 25.9 Å². The van der Waals surface area contributed by atoms with E-state index in [9.17, 15) is 4.79 Å². The molecular formula is C16H24N2O. The monoisotopic (exact) mass is 260 g/mol. The summed E-state index contributed by atoms with van der Waals surface area (Å²) in [6, 6.07) is 10.4. The molecule has 1 saturated heterocycles. The summed E-state index contributed by atoms with van der Waals surface area (Å²) in [6.07, 6.45) is 1.94. The molecule has 0 spiro atoms. The molecule has 0 aromatic heterocycles. The maximum atomic E-state index is 12.3. The van der Waals surface area contributed by atoms with E-state index in [1.54, 1.807) is 0 Å². The second-order valence-electron chi connectivity index (χ2n) is 5.79. The van der Waals surface area contributed by atoms with Crippen molar-refractivity contribution in [2.45, 2.75) is 32.7 Å². The van der Waals surface area contributed by atoms with E-state index in [0.29, 0.717) is 5.92 Å². The highest BCUT2D eigenvalue weighted by Gasteiger charge is 2.25. The minimum absolute atomic E-state index is 0.134. The molecule has 2 rings (SSSR count). The van der Waals surface area contributed by atoms with Gasteiger partial charge in [-0.25, -0.2) is 0 Å². The van der Waals surface area contributed by atoms with Crippen molar-refractivity contribution in [1.29, 1.82) is 0 Å². The van der Waals surface area contributed by atoms with Crippen LogP contribution in [-0.4, -0.2) is 19.0 Å². The third-order valence-electron chi connectivity index (χ3n) is 3.66. The van der Waals surface area contributed by atoms with Gasteiger partial charge in [0.1, 0.15) is 0 Å². The molecule has 3 nitrogen and oxygen atoms in total. The summed E-state index contributed by atoms with van der Waals surface area (Å²) in [7, 11) is 0. The number of benzene rings is 1. The Kier molecular flexibility index (Phi) is 4.97. The van der Waals surface area contributed by atoms with E-state index >= 15 is 0 Å². The maximum Gasteiger partial charge on any atom is 0.224 e. The van der Waals surface area contributed by atoms with E-state index < -0.39 is 0 Å². The number of hydrogen-bond acceptors (Lipinski definition) is 2. The first-order valence-corrected chi connectivity index (χ1v) is 7.23. The lowest BCUT2D eigenvalue weighted by Gasteiger charge is -2.22. The van der Waals surface area contributed by atoms with Crippen LogP contribution in [0.2, 0.25) is 0 Å². The minimum atomic E-state index is 0.134. The molecule has 3 heteroatoms. The first-order valence-electron chi connectivity index (χ1n) is 7.23. The van der Waals surface area contributed by atoms with Gasteiger partial charge in [0.25, 0.3) is 0 Å². The van der Waals surface area contributed by atoms with Crippen LogP contribution >= 0.6 is 0 Å². The number of nitrogens with one attached hydrogen (secondary N) is 2. The molecule has 2 unspecified atom stereocenters. The van der Waals surface area contributed by atoms with E-state index in [1.165, 1.54) is 5.56 Å². The van der Waals surface area contributed by atoms with Crippen molar-refractivity contribution in [3.63, 3.8) is 0 Å². The van der Waals surface area contributed by atoms with Crippen molar-refractivity contribution < 1.29 is 4.79 Å². The number of hydrogen-bond donors (Lipinski definition) is 2. The topological polar surface area (TPSA) is 41.1 Å². The highest BCUT2D eigenvalue weighted by Crippen LogP contribution is 2.22. The Bertz CT molecular complexity index is 396. The van der Waals surface area contributed by atoms with Gasteiger partial charge in [-0.3, -0.25) is 4.79 Å². The van der Waals surface area contributed by atoms with Gasteiger partial charge in [0, 0.05) is 6.54 Å². The highest BCUT2D eigenvalue weighted by atomic mass is 16.2. The Morgan fingerprint density at radius 2 is 2.11 bits per heavy atom. The molecule has 2 N–H and O–H groups in total. The molecular weight excluding hydrogens is 236 g/mol. The largest absolute Gasteiger partial charge is 0.349 e. The zero-order valence-electron chi connectivity index (χ0n) is 11.9. The van der Waals surface area contributed by atoms with Crippen LogP contribution < -0.4 is 10.6 Å². The lowest BCUT2D eigenvalue weighted by atomic mass is 9.96. The van der Waals surface area contributed by atoms with E-state index in [4.69, 9.17) is 0 Å². The Morgan fingerprint density at radius 3 is 2.68 bits per heavy atom. The third kappa shape index (κ3) is 4.06. The van der Waals surface area contributed by atoms with Crippen LogP contribution in [0.1, 0.15) is 38.3 Å². The fourth-order valence-corrected chi connectivity index (χ4v) is 2.60. The molecule has 1 aromatic rings. The van der Waals surface area contributed by atoms with Crippen LogP contribution in [0.3, 0.4) is 0 Å². The molecule has 1 amide bonds. The molecule has 1 aliphatic heterocycles. The van der Waals surface area contributed by atoms with Crippen molar-refractivity contribution in [2.75, 3.05) is 13.1 Å². The van der Waals surface area contributed by atoms with Crippen molar-refractivity contribution >= 4 is 5.91 Å². The van der Waals surface area contributed by atoms with E-state index in [-0.39, 0.29) is 17.9 Å². The first kappa shape index (κ1) is 14.1. The summed E-state index contributed by atoms with van der Waals surface area (Å²) >= 11 is 0. The molecule has 1 heterocycles. The lowest BCUT2D eigenvalue weighted by molar-refractivity contribution is -0.125. The summed E-state index contributed by atoms with van der Waals surface area (Å²) < 4.78 is 0. The zero-order chi connectivity index (χ0) is 13.7. The fourth-order valence-electron chi connectivity index (χ4n) is 2.60. The standard InChI is InChI=1S/C16H24N2O/c1-12(2)10-15(13-6-4-3-5-7-13)18-16(19)14-8-9-17-11-14/h3-7,12,14-15,17H,8-11H2,1-2H3,(H,18,19). The summed E-state index contributed by atoms with van der Waals surface area (Å²) in [5.74, 6) is 0.894. The fraction of sp³-hybridized carbons (Fsp3) is 0.562. The predicted octanol–water partition coefficient (Wildman–Crippen LogP) is 2.50. The normalized spacial score (nSPS) is 20.5.